The van der Waals surface area contributed by atoms with Crippen LogP contribution < -0.4 is 10.1 Å². The van der Waals surface area contributed by atoms with E-state index < -0.39 is 6.04 Å². The van der Waals surface area contributed by atoms with Crippen molar-refractivity contribution in [3.8, 4) is 5.75 Å². The van der Waals surface area contributed by atoms with E-state index in [4.69, 9.17) is 16.3 Å². The summed E-state index contributed by atoms with van der Waals surface area (Å²) < 4.78 is 5.31. The van der Waals surface area contributed by atoms with E-state index >= 15 is 0 Å². The molecule has 1 atom stereocenters. The van der Waals surface area contributed by atoms with Crippen LogP contribution in [0.3, 0.4) is 0 Å². The zero-order chi connectivity index (χ0) is 22.1. The van der Waals surface area contributed by atoms with Crippen molar-refractivity contribution in [2.45, 2.75) is 46.2 Å². The van der Waals surface area contributed by atoms with Gasteiger partial charge in [0.15, 0.2) is 0 Å². The zero-order valence-corrected chi connectivity index (χ0v) is 18.9. The highest BCUT2D eigenvalue weighted by atomic mass is 35.5. The van der Waals surface area contributed by atoms with Crippen LogP contribution >= 0.6 is 11.6 Å². The number of hydrogen-bond donors (Lipinski definition) is 1. The van der Waals surface area contributed by atoms with E-state index in [0.717, 1.165) is 11.1 Å². The highest BCUT2D eigenvalue weighted by Crippen LogP contribution is 2.21. The van der Waals surface area contributed by atoms with Gasteiger partial charge < -0.3 is 15.0 Å². The van der Waals surface area contributed by atoms with Gasteiger partial charge in [0.25, 0.3) is 0 Å². The van der Waals surface area contributed by atoms with Crippen molar-refractivity contribution in [3.05, 3.63) is 64.7 Å². The molecule has 0 aromatic heterocycles. The standard InChI is InChI=1S/C24H31ClN2O3/c1-5-22(24(29)26-15-17(2)3)27(16-18-9-8-11-20(13-18)30-4)23(28)14-19-10-6-7-12-21(19)25/h6-13,17,22H,5,14-16H2,1-4H3,(H,26,29)/t22-/m0/s1. The first-order valence-corrected chi connectivity index (χ1v) is 10.7. The van der Waals surface area contributed by atoms with E-state index in [2.05, 4.69) is 5.32 Å². The highest BCUT2D eigenvalue weighted by molar-refractivity contribution is 6.31. The fourth-order valence-electron chi connectivity index (χ4n) is 3.22. The van der Waals surface area contributed by atoms with Crippen LogP contribution in [0.1, 0.15) is 38.3 Å². The van der Waals surface area contributed by atoms with Gasteiger partial charge in [-0.25, -0.2) is 0 Å². The molecule has 1 N–H and O–H groups in total. The van der Waals surface area contributed by atoms with Gasteiger partial charge >= 0.3 is 0 Å². The number of methoxy groups -OCH3 is 1. The van der Waals surface area contributed by atoms with E-state index in [1.54, 1.807) is 18.1 Å². The van der Waals surface area contributed by atoms with Crippen molar-refractivity contribution in [2.75, 3.05) is 13.7 Å². The van der Waals surface area contributed by atoms with Gasteiger partial charge in [-0.05, 0) is 41.7 Å². The average molecular weight is 431 g/mol. The van der Waals surface area contributed by atoms with Gasteiger partial charge in [-0.15, -0.1) is 0 Å². The molecule has 0 radical (unpaired) electrons. The lowest BCUT2D eigenvalue weighted by Crippen LogP contribution is -2.50. The highest BCUT2D eigenvalue weighted by Gasteiger charge is 2.29. The van der Waals surface area contributed by atoms with Gasteiger partial charge in [-0.2, -0.15) is 0 Å². The monoisotopic (exact) mass is 430 g/mol. The molecule has 0 spiro atoms. The molecule has 0 unspecified atom stereocenters. The predicted octanol–water partition coefficient (Wildman–Crippen LogP) is 4.47. The topological polar surface area (TPSA) is 58.6 Å². The molecule has 6 heteroatoms. The Labute approximate surface area is 184 Å². The van der Waals surface area contributed by atoms with Gasteiger partial charge in [-0.3, -0.25) is 9.59 Å². The third kappa shape index (κ3) is 6.77. The Kier molecular flexibility index (Phi) is 9.18. The molecule has 2 aromatic rings. The van der Waals surface area contributed by atoms with Crippen molar-refractivity contribution in [1.29, 1.82) is 0 Å². The molecular weight excluding hydrogens is 400 g/mol. The number of halogens is 1. The van der Waals surface area contributed by atoms with Crippen LogP contribution in [0, 0.1) is 5.92 Å². The summed E-state index contributed by atoms with van der Waals surface area (Å²) in [5.41, 5.74) is 1.65. The average Bonchev–Trinajstić information content (AvgIpc) is 2.73. The summed E-state index contributed by atoms with van der Waals surface area (Å²) in [4.78, 5) is 27.9. The van der Waals surface area contributed by atoms with E-state index in [0.29, 0.717) is 36.2 Å². The van der Waals surface area contributed by atoms with Crippen molar-refractivity contribution in [3.63, 3.8) is 0 Å². The van der Waals surface area contributed by atoms with E-state index in [-0.39, 0.29) is 18.2 Å². The van der Waals surface area contributed by atoms with Crippen molar-refractivity contribution in [1.82, 2.24) is 10.2 Å². The van der Waals surface area contributed by atoms with Crippen LogP contribution in [-0.2, 0) is 22.6 Å². The smallest absolute Gasteiger partial charge is 0.242 e. The summed E-state index contributed by atoms with van der Waals surface area (Å²) in [6.07, 6.45) is 0.653. The first kappa shape index (κ1) is 23.7. The van der Waals surface area contributed by atoms with Crippen molar-refractivity contribution >= 4 is 23.4 Å². The first-order chi connectivity index (χ1) is 14.3. The molecule has 30 heavy (non-hydrogen) atoms. The van der Waals surface area contributed by atoms with E-state index in [1.165, 1.54) is 0 Å². The Morgan fingerprint density at radius 3 is 2.50 bits per heavy atom. The third-order valence-corrected chi connectivity index (χ3v) is 5.23. The Balaban J connectivity index is 2.30. The van der Waals surface area contributed by atoms with Gasteiger partial charge in [0, 0.05) is 18.1 Å². The summed E-state index contributed by atoms with van der Waals surface area (Å²) in [5.74, 6) is 0.763. The van der Waals surface area contributed by atoms with Crippen molar-refractivity contribution in [2.24, 2.45) is 5.92 Å². The number of amides is 2. The fraction of sp³-hybridized carbons (Fsp3) is 0.417. The lowest BCUT2D eigenvalue weighted by molar-refractivity contribution is -0.141. The molecule has 2 aromatic carbocycles. The number of carbonyl (C=O) groups is 2. The number of nitrogens with one attached hydrogen (secondary N) is 1. The lowest BCUT2D eigenvalue weighted by Gasteiger charge is -2.31. The zero-order valence-electron chi connectivity index (χ0n) is 18.2. The number of ether oxygens (including phenoxy) is 1. The second kappa shape index (κ2) is 11.6. The Morgan fingerprint density at radius 2 is 1.87 bits per heavy atom. The molecular formula is C24H31ClN2O3. The van der Waals surface area contributed by atoms with Crippen LogP contribution in [0.15, 0.2) is 48.5 Å². The predicted molar refractivity (Wildman–Crippen MR) is 121 cm³/mol. The largest absolute Gasteiger partial charge is 0.497 e. The van der Waals surface area contributed by atoms with Crippen LogP contribution in [0.2, 0.25) is 5.02 Å². The minimum absolute atomic E-state index is 0.137. The van der Waals surface area contributed by atoms with Gasteiger partial charge in [0.1, 0.15) is 11.8 Å². The molecule has 0 aliphatic heterocycles. The minimum Gasteiger partial charge on any atom is -0.497 e. The Morgan fingerprint density at radius 1 is 1.13 bits per heavy atom. The molecule has 0 aliphatic rings. The lowest BCUT2D eigenvalue weighted by atomic mass is 10.1. The van der Waals surface area contributed by atoms with Gasteiger partial charge in [0.2, 0.25) is 11.8 Å². The molecule has 162 valence electrons. The molecule has 5 nitrogen and oxygen atoms in total. The summed E-state index contributed by atoms with van der Waals surface area (Å²) in [7, 11) is 1.60. The van der Waals surface area contributed by atoms with Gasteiger partial charge in [-0.1, -0.05) is 62.7 Å². The number of carbonyl (C=O) groups excluding carboxylic acids is 2. The number of hydrogen-bond acceptors (Lipinski definition) is 3. The molecule has 0 fully saturated rings. The molecule has 0 bridgehead atoms. The molecule has 0 heterocycles. The summed E-state index contributed by atoms with van der Waals surface area (Å²) in [5, 5.41) is 3.51. The van der Waals surface area contributed by atoms with Crippen LogP contribution in [0.25, 0.3) is 0 Å². The number of rotatable bonds is 10. The molecule has 0 saturated heterocycles. The molecule has 0 aliphatic carbocycles. The molecule has 2 amide bonds. The van der Waals surface area contributed by atoms with E-state index in [9.17, 15) is 9.59 Å². The Hall–Kier alpha value is -2.53. The quantitative estimate of drug-likeness (QED) is 0.605. The number of benzene rings is 2. The second-order valence-corrected chi connectivity index (χ2v) is 8.11. The van der Waals surface area contributed by atoms with Crippen LogP contribution in [-0.4, -0.2) is 36.4 Å². The fourth-order valence-corrected chi connectivity index (χ4v) is 3.42. The second-order valence-electron chi connectivity index (χ2n) is 7.70. The third-order valence-electron chi connectivity index (χ3n) is 4.86. The summed E-state index contributed by atoms with van der Waals surface area (Å²) in [6, 6.07) is 14.3. The van der Waals surface area contributed by atoms with Crippen molar-refractivity contribution < 1.29 is 14.3 Å². The maximum absolute atomic E-state index is 13.3. The van der Waals surface area contributed by atoms with E-state index in [1.807, 2.05) is 63.2 Å². The summed E-state index contributed by atoms with van der Waals surface area (Å²) in [6.45, 7) is 6.88. The maximum Gasteiger partial charge on any atom is 0.242 e. The first-order valence-electron chi connectivity index (χ1n) is 10.3. The van der Waals surface area contributed by atoms with Crippen LogP contribution in [0.4, 0.5) is 0 Å². The SMILES string of the molecule is CC[C@@H](C(=O)NCC(C)C)N(Cc1cccc(OC)c1)C(=O)Cc1ccccc1Cl. The molecule has 2 rings (SSSR count). The summed E-state index contributed by atoms with van der Waals surface area (Å²) >= 11 is 6.27. The van der Waals surface area contributed by atoms with Gasteiger partial charge in [0.05, 0.1) is 13.5 Å². The number of nitrogens with zero attached hydrogens (tertiary/aromatic N) is 1. The van der Waals surface area contributed by atoms with Crippen LogP contribution in [0.5, 0.6) is 5.75 Å². The maximum atomic E-state index is 13.3. The Bertz CT molecular complexity index is 854. The minimum atomic E-state index is -0.565. The molecule has 0 saturated carbocycles. The normalized spacial score (nSPS) is 11.8.